The van der Waals surface area contributed by atoms with Gasteiger partial charge in [-0.3, -0.25) is 0 Å². The van der Waals surface area contributed by atoms with Crippen molar-refractivity contribution in [3.8, 4) is 0 Å². The molecule has 25 heavy (non-hydrogen) atoms. The summed E-state index contributed by atoms with van der Waals surface area (Å²) in [6.07, 6.45) is 1.32. The predicted octanol–water partition coefficient (Wildman–Crippen LogP) is 1.78. The fraction of sp³-hybridized carbons (Fsp3) is 0.429. The Kier molecular flexibility index (Phi) is 5.38. The first-order valence-electron chi connectivity index (χ1n) is 7.69. The number of nitrogens with zero attached hydrogens (tertiary/aromatic N) is 3. The van der Waals surface area contributed by atoms with E-state index in [4.69, 9.17) is 28.9 Å². The first kappa shape index (κ1) is 18.2. The lowest BCUT2D eigenvalue weighted by atomic mass is 10.1. The van der Waals surface area contributed by atoms with E-state index >= 15 is 0 Å². The molecule has 1 aliphatic rings. The summed E-state index contributed by atoms with van der Waals surface area (Å²) in [4.78, 5) is 6.05. The molecule has 0 bridgehead atoms. The van der Waals surface area contributed by atoms with Gasteiger partial charge in [-0.05, 0) is 30.5 Å². The number of H-pyrrole nitrogens is 1. The number of rotatable bonds is 5. The summed E-state index contributed by atoms with van der Waals surface area (Å²) in [6, 6.07) is 4.69. The highest BCUT2D eigenvalue weighted by molar-refractivity contribution is 7.88. The second-order valence-electron chi connectivity index (χ2n) is 5.91. The van der Waals surface area contributed by atoms with Gasteiger partial charge in [-0.2, -0.15) is 4.98 Å². The average Bonchev–Trinajstić information content (AvgIpc) is 2.97. The van der Waals surface area contributed by atoms with Gasteiger partial charge in [0.25, 0.3) is 0 Å². The van der Waals surface area contributed by atoms with Crippen LogP contribution in [0.4, 0.5) is 11.9 Å². The molecule has 1 aromatic carbocycles. The van der Waals surface area contributed by atoms with Gasteiger partial charge >= 0.3 is 0 Å². The van der Waals surface area contributed by atoms with Gasteiger partial charge in [-0.1, -0.05) is 29.3 Å². The zero-order valence-electron chi connectivity index (χ0n) is 13.2. The number of hydrogen-bond donors (Lipinski definition) is 3. The van der Waals surface area contributed by atoms with Gasteiger partial charge in [-0.25, -0.2) is 18.2 Å². The van der Waals surface area contributed by atoms with E-state index in [1.165, 1.54) is 0 Å². The number of sulfonamides is 1. The van der Waals surface area contributed by atoms with Crippen LogP contribution in [0.3, 0.4) is 0 Å². The van der Waals surface area contributed by atoms with Gasteiger partial charge < -0.3 is 10.6 Å². The molecule has 3 rings (SSSR count). The van der Waals surface area contributed by atoms with Gasteiger partial charge in [-0.15, -0.1) is 5.10 Å². The maximum Gasteiger partial charge on any atom is 0.246 e. The molecule has 4 N–H and O–H groups in total. The third kappa shape index (κ3) is 4.75. The van der Waals surface area contributed by atoms with E-state index in [0.29, 0.717) is 47.5 Å². The first-order valence-corrected chi connectivity index (χ1v) is 10.1. The van der Waals surface area contributed by atoms with E-state index < -0.39 is 10.0 Å². The maximum atomic E-state index is 12.4. The number of hydrogen-bond acceptors (Lipinski definition) is 6. The number of nitrogen functional groups attached to an aromatic ring is 1. The molecule has 0 unspecified atom stereocenters. The zero-order valence-corrected chi connectivity index (χ0v) is 15.6. The highest BCUT2D eigenvalue weighted by Gasteiger charge is 2.25. The van der Waals surface area contributed by atoms with E-state index in [1.807, 2.05) is 4.90 Å². The third-order valence-corrected chi connectivity index (χ3v) is 6.10. The van der Waals surface area contributed by atoms with Crippen LogP contribution in [0.15, 0.2) is 18.2 Å². The van der Waals surface area contributed by atoms with Crippen LogP contribution < -0.4 is 15.4 Å². The number of nitrogens with one attached hydrogen (secondary N) is 2. The number of piperidine rings is 1. The third-order valence-electron chi connectivity index (χ3n) is 3.96. The number of anilines is 2. The fourth-order valence-electron chi connectivity index (χ4n) is 2.75. The van der Waals surface area contributed by atoms with Gasteiger partial charge in [0.15, 0.2) is 0 Å². The highest BCUT2D eigenvalue weighted by atomic mass is 35.5. The Labute approximate surface area is 155 Å². The van der Waals surface area contributed by atoms with Crippen LogP contribution in [0.25, 0.3) is 0 Å². The SMILES string of the molecule is Nc1nc(N2CCC(NS(=O)(=O)Cc3ccc(Cl)c(Cl)c3)CC2)n[nH]1. The largest absolute Gasteiger partial charge is 0.368 e. The number of aromatic amines is 1. The summed E-state index contributed by atoms with van der Waals surface area (Å²) in [5.74, 6) is 0.663. The van der Waals surface area contributed by atoms with Crippen molar-refractivity contribution in [1.29, 1.82) is 0 Å². The molecule has 8 nitrogen and oxygen atoms in total. The molecule has 1 saturated heterocycles. The monoisotopic (exact) mass is 404 g/mol. The Hall–Kier alpha value is -1.55. The molecule has 0 saturated carbocycles. The van der Waals surface area contributed by atoms with E-state index in [9.17, 15) is 8.42 Å². The van der Waals surface area contributed by atoms with Gasteiger partial charge in [0.05, 0.1) is 15.8 Å². The molecular weight excluding hydrogens is 387 g/mol. The quantitative estimate of drug-likeness (QED) is 0.698. The van der Waals surface area contributed by atoms with E-state index in [0.717, 1.165) is 0 Å². The molecule has 1 aliphatic heterocycles. The summed E-state index contributed by atoms with van der Waals surface area (Å²) in [6.45, 7) is 1.30. The summed E-state index contributed by atoms with van der Waals surface area (Å²) >= 11 is 11.8. The molecule has 136 valence electrons. The zero-order chi connectivity index (χ0) is 18.0. The van der Waals surface area contributed by atoms with Crippen molar-refractivity contribution in [2.75, 3.05) is 23.7 Å². The molecule has 0 aliphatic carbocycles. The van der Waals surface area contributed by atoms with Crippen LogP contribution in [0.5, 0.6) is 0 Å². The van der Waals surface area contributed by atoms with Crippen LogP contribution in [0.2, 0.25) is 10.0 Å². The molecule has 2 heterocycles. The van der Waals surface area contributed by atoms with Gasteiger partial charge in [0.1, 0.15) is 0 Å². The molecule has 1 fully saturated rings. The van der Waals surface area contributed by atoms with E-state index in [1.54, 1.807) is 18.2 Å². The summed E-state index contributed by atoms with van der Waals surface area (Å²) in [7, 11) is -3.47. The lowest BCUT2D eigenvalue weighted by Crippen LogP contribution is -2.45. The van der Waals surface area contributed by atoms with Crippen molar-refractivity contribution in [3.63, 3.8) is 0 Å². The summed E-state index contributed by atoms with van der Waals surface area (Å²) in [5.41, 5.74) is 6.12. The number of benzene rings is 1. The molecule has 11 heteroatoms. The van der Waals surface area contributed by atoms with Crippen LogP contribution in [-0.4, -0.2) is 42.7 Å². The highest BCUT2D eigenvalue weighted by Crippen LogP contribution is 2.24. The minimum absolute atomic E-state index is 0.125. The van der Waals surface area contributed by atoms with E-state index in [-0.39, 0.29) is 17.7 Å². The van der Waals surface area contributed by atoms with Crippen LogP contribution >= 0.6 is 23.2 Å². The molecule has 0 amide bonds. The maximum absolute atomic E-state index is 12.4. The number of halogens is 2. The molecule has 0 radical (unpaired) electrons. The molecule has 0 atom stereocenters. The summed E-state index contributed by atoms with van der Waals surface area (Å²) in [5, 5.41) is 7.35. The second-order valence-corrected chi connectivity index (χ2v) is 8.48. The Balaban J connectivity index is 1.56. The van der Waals surface area contributed by atoms with Crippen molar-refractivity contribution in [1.82, 2.24) is 19.9 Å². The normalized spacial score (nSPS) is 16.3. The Bertz CT molecular complexity index is 849. The topological polar surface area (TPSA) is 117 Å². The Morgan fingerprint density at radius 1 is 1.28 bits per heavy atom. The Morgan fingerprint density at radius 2 is 2.00 bits per heavy atom. The minimum Gasteiger partial charge on any atom is -0.368 e. The molecule has 0 spiro atoms. The molecule has 1 aromatic heterocycles. The standard InChI is InChI=1S/C14H18Cl2N6O2S/c15-11-2-1-9(7-12(11)16)8-25(23,24)21-10-3-5-22(6-4-10)14-18-13(17)19-20-14/h1-2,7,10,21H,3-6,8H2,(H3,17,18,19,20). The number of nitrogens with two attached hydrogens (primary N) is 1. The van der Waals surface area contributed by atoms with Crippen molar-refractivity contribution < 1.29 is 8.42 Å². The summed E-state index contributed by atoms with van der Waals surface area (Å²) < 4.78 is 27.5. The minimum atomic E-state index is -3.47. The van der Waals surface area contributed by atoms with Crippen LogP contribution in [-0.2, 0) is 15.8 Å². The van der Waals surface area contributed by atoms with E-state index in [2.05, 4.69) is 19.9 Å². The van der Waals surface area contributed by atoms with Gasteiger partial charge in [0.2, 0.25) is 21.9 Å². The van der Waals surface area contributed by atoms with Crippen LogP contribution in [0.1, 0.15) is 18.4 Å². The van der Waals surface area contributed by atoms with Crippen molar-refractivity contribution >= 4 is 45.1 Å². The lowest BCUT2D eigenvalue weighted by Gasteiger charge is -2.31. The fourth-order valence-corrected chi connectivity index (χ4v) is 4.51. The van der Waals surface area contributed by atoms with Gasteiger partial charge in [0, 0.05) is 19.1 Å². The smallest absolute Gasteiger partial charge is 0.246 e. The van der Waals surface area contributed by atoms with Crippen molar-refractivity contribution in [2.24, 2.45) is 0 Å². The average molecular weight is 405 g/mol. The Morgan fingerprint density at radius 3 is 2.60 bits per heavy atom. The molecule has 2 aromatic rings. The predicted molar refractivity (Wildman–Crippen MR) is 98.3 cm³/mol. The van der Waals surface area contributed by atoms with Crippen LogP contribution in [0, 0.1) is 0 Å². The lowest BCUT2D eigenvalue weighted by molar-refractivity contribution is 0.456. The van der Waals surface area contributed by atoms with Crippen molar-refractivity contribution in [3.05, 3.63) is 33.8 Å². The molecular formula is C14H18Cl2N6O2S. The van der Waals surface area contributed by atoms with Crippen molar-refractivity contribution in [2.45, 2.75) is 24.6 Å². The second kappa shape index (κ2) is 7.36. The first-order chi connectivity index (χ1) is 11.8. The number of aromatic nitrogens is 3.